The number of hydrogen-bond donors (Lipinski definition) is 2. The first-order valence-corrected chi connectivity index (χ1v) is 9.20. The van der Waals surface area contributed by atoms with Crippen molar-refractivity contribution in [2.75, 3.05) is 19.7 Å². The lowest BCUT2D eigenvalue weighted by Gasteiger charge is -2.30. The van der Waals surface area contributed by atoms with E-state index in [0.29, 0.717) is 32.5 Å². The van der Waals surface area contributed by atoms with Crippen molar-refractivity contribution in [1.29, 1.82) is 0 Å². The molecule has 28 heavy (non-hydrogen) atoms. The second-order valence-corrected chi connectivity index (χ2v) is 6.42. The monoisotopic (exact) mass is 393 g/mol. The molecule has 1 aromatic rings. The Hall–Kier alpha value is -2.97. The summed E-state index contributed by atoms with van der Waals surface area (Å²) in [5.41, 5.74) is 4.45. The molecule has 3 amide bonds. The summed E-state index contributed by atoms with van der Waals surface area (Å²) >= 11 is 0. The average Bonchev–Trinajstić information content (AvgIpc) is 2.70. The van der Waals surface area contributed by atoms with Crippen molar-refractivity contribution in [3.05, 3.63) is 35.6 Å². The van der Waals surface area contributed by atoms with Crippen LogP contribution in [0.3, 0.4) is 0 Å². The quantitative estimate of drug-likeness (QED) is 0.558. The lowest BCUT2D eigenvalue weighted by molar-refractivity contribution is -0.151. The van der Waals surface area contributed by atoms with E-state index in [1.54, 1.807) is 11.8 Å². The maximum atomic E-state index is 13.1. The number of carbonyl (C=O) groups is 4. The number of piperidine rings is 1. The number of carbonyl (C=O) groups excluding carboxylic acids is 4. The first-order valence-electron chi connectivity index (χ1n) is 9.20. The topological polar surface area (TPSA) is 105 Å². The van der Waals surface area contributed by atoms with Gasteiger partial charge in [-0.25, -0.2) is 4.39 Å². The third-order valence-corrected chi connectivity index (χ3v) is 4.44. The summed E-state index contributed by atoms with van der Waals surface area (Å²) in [4.78, 5) is 49.2. The van der Waals surface area contributed by atoms with Crippen LogP contribution in [0.25, 0.3) is 0 Å². The highest BCUT2D eigenvalue weighted by Gasteiger charge is 2.28. The lowest BCUT2D eigenvalue weighted by atomic mass is 9.97. The van der Waals surface area contributed by atoms with E-state index in [2.05, 4.69) is 10.9 Å². The standard InChI is InChI=1S/C19H24FN3O5/c1-2-28-19(27)13-8-10-23(11-9-13)17(25)7-6-16(24)21-22-18(26)14-4-3-5-15(20)12-14/h3-5,12-13H,2,6-11H2,1H3,(H,21,24)(H,22,26). The number of esters is 1. The van der Waals surface area contributed by atoms with Crippen molar-refractivity contribution < 1.29 is 28.3 Å². The second-order valence-electron chi connectivity index (χ2n) is 6.42. The van der Waals surface area contributed by atoms with E-state index in [-0.39, 0.29) is 36.2 Å². The zero-order valence-corrected chi connectivity index (χ0v) is 15.7. The highest BCUT2D eigenvalue weighted by molar-refractivity contribution is 5.95. The Morgan fingerprint density at radius 2 is 1.86 bits per heavy atom. The SMILES string of the molecule is CCOC(=O)C1CCN(C(=O)CCC(=O)NNC(=O)c2cccc(F)c2)CC1. The maximum absolute atomic E-state index is 13.1. The van der Waals surface area contributed by atoms with Gasteiger partial charge in [0.25, 0.3) is 5.91 Å². The second kappa shape index (κ2) is 10.4. The highest BCUT2D eigenvalue weighted by atomic mass is 19.1. The molecular weight excluding hydrogens is 369 g/mol. The van der Waals surface area contributed by atoms with Crippen LogP contribution in [0.2, 0.25) is 0 Å². The van der Waals surface area contributed by atoms with Crippen molar-refractivity contribution in [2.24, 2.45) is 5.92 Å². The third kappa shape index (κ3) is 6.33. The van der Waals surface area contributed by atoms with Crippen LogP contribution in [0.15, 0.2) is 24.3 Å². The van der Waals surface area contributed by atoms with E-state index in [1.165, 1.54) is 18.2 Å². The molecule has 0 aliphatic carbocycles. The molecule has 1 aromatic carbocycles. The van der Waals surface area contributed by atoms with E-state index in [4.69, 9.17) is 4.74 Å². The van der Waals surface area contributed by atoms with Crippen LogP contribution in [-0.4, -0.2) is 48.3 Å². The Balaban J connectivity index is 1.68. The van der Waals surface area contributed by atoms with Gasteiger partial charge in [0.05, 0.1) is 12.5 Å². The van der Waals surface area contributed by atoms with Gasteiger partial charge in [-0.05, 0) is 38.0 Å². The zero-order chi connectivity index (χ0) is 20.5. The van der Waals surface area contributed by atoms with Gasteiger partial charge in [0.1, 0.15) is 5.82 Å². The van der Waals surface area contributed by atoms with Gasteiger partial charge in [0.2, 0.25) is 11.8 Å². The number of likely N-dealkylation sites (tertiary alicyclic amines) is 1. The van der Waals surface area contributed by atoms with Crippen LogP contribution in [0.1, 0.15) is 43.0 Å². The summed E-state index contributed by atoms with van der Waals surface area (Å²) in [6, 6.07) is 5.05. The van der Waals surface area contributed by atoms with Gasteiger partial charge in [0, 0.05) is 31.5 Å². The molecule has 9 heteroatoms. The number of ether oxygens (including phenoxy) is 1. The van der Waals surface area contributed by atoms with Crippen LogP contribution in [0.4, 0.5) is 4.39 Å². The van der Waals surface area contributed by atoms with E-state index >= 15 is 0 Å². The molecule has 0 bridgehead atoms. The predicted molar refractivity (Wildman–Crippen MR) is 97.2 cm³/mol. The molecule has 1 aliphatic rings. The van der Waals surface area contributed by atoms with Crippen molar-refractivity contribution in [3.8, 4) is 0 Å². The van der Waals surface area contributed by atoms with Crippen molar-refractivity contribution in [1.82, 2.24) is 15.8 Å². The van der Waals surface area contributed by atoms with Crippen molar-refractivity contribution in [2.45, 2.75) is 32.6 Å². The van der Waals surface area contributed by atoms with Gasteiger partial charge in [-0.15, -0.1) is 0 Å². The van der Waals surface area contributed by atoms with Crippen LogP contribution in [0, 0.1) is 11.7 Å². The molecule has 0 unspecified atom stereocenters. The molecule has 2 N–H and O–H groups in total. The van der Waals surface area contributed by atoms with Crippen LogP contribution >= 0.6 is 0 Å². The number of hydrazine groups is 1. The molecule has 0 aromatic heterocycles. The molecule has 0 saturated carbocycles. The molecular formula is C19H24FN3O5. The number of nitrogens with zero attached hydrogens (tertiary/aromatic N) is 1. The van der Waals surface area contributed by atoms with Crippen LogP contribution < -0.4 is 10.9 Å². The summed E-state index contributed by atoms with van der Waals surface area (Å²) in [6.45, 7) is 2.98. The van der Waals surface area contributed by atoms with Crippen LogP contribution in [0.5, 0.6) is 0 Å². The number of hydrogen-bond acceptors (Lipinski definition) is 5. The molecule has 152 valence electrons. The normalized spacial score (nSPS) is 14.3. The Morgan fingerprint density at radius 1 is 1.14 bits per heavy atom. The smallest absolute Gasteiger partial charge is 0.309 e. The van der Waals surface area contributed by atoms with Crippen LogP contribution in [-0.2, 0) is 19.1 Å². The van der Waals surface area contributed by atoms with Gasteiger partial charge in [-0.2, -0.15) is 0 Å². The number of amides is 3. The van der Waals surface area contributed by atoms with E-state index < -0.39 is 17.6 Å². The molecule has 8 nitrogen and oxygen atoms in total. The third-order valence-electron chi connectivity index (χ3n) is 4.44. The Kier molecular flexibility index (Phi) is 7.91. The fraction of sp³-hybridized carbons (Fsp3) is 0.474. The molecule has 0 spiro atoms. The number of rotatable bonds is 6. The first kappa shape index (κ1) is 21.3. The lowest BCUT2D eigenvalue weighted by Crippen LogP contribution is -2.43. The fourth-order valence-corrected chi connectivity index (χ4v) is 2.89. The zero-order valence-electron chi connectivity index (χ0n) is 15.7. The summed E-state index contributed by atoms with van der Waals surface area (Å²) in [6.07, 6.45) is 0.979. The van der Waals surface area contributed by atoms with Gasteiger partial charge in [0.15, 0.2) is 0 Å². The largest absolute Gasteiger partial charge is 0.466 e. The Bertz CT molecular complexity index is 732. The van der Waals surface area contributed by atoms with E-state index in [0.717, 1.165) is 6.07 Å². The van der Waals surface area contributed by atoms with Gasteiger partial charge in [-0.1, -0.05) is 6.07 Å². The minimum Gasteiger partial charge on any atom is -0.466 e. The number of benzene rings is 1. The first-order chi connectivity index (χ1) is 13.4. The number of nitrogens with one attached hydrogen (secondary N) is 2. The summed E-state index contributed by atoms with van der Waals surface area (Å²) in [5.74, 6) is -2.35. The summed E-state index contributed by atoms with van der Waals surface area (Å²) in [5, 5.41) is 0. The summed E-state index contributed by atoms with van der Waals surface area (Å²) in [7, 11) is 0. The van der Waals surface area contributed by atoms with Gasteiger partial charge in [-0.3, -0.25) is 30.0 Å². The fourth-order valence-electron chi connectivity index (χ4n) is 2.89. The molecule has 0 radical (unpaired) electrons. The number of halogens is 1. The Labute approximate surface area is 162 Å². The van der Waals surface area contributed by atoms with E-state index in [1.807, 2.05) is 0 Å². The van der Waals surface area contributed by atoms with Crippen molar-refractivity contribution in [3.63, 3.8) is 0 Å². The van der Waals surface area contributed by atoms with Crippen molar-refractivity contribution >= 4 is 23.7 Å². The summed E-state index contributed by atoms with van der Waals surface area (Å²) < 4.78 is 18.1. The highest BCUT2D eigenvalue weighted by Crippen LogP contribution is 2.19. The minimum absolute atomic E-state index is 0.00819. The average molecular weight is 393 g/mol. The molecule has 1 fully saturated rings. The van der Waals surface area contributed by atoms with Gasteiger partial charge >= 0.3 is 5.97 Å². The predicted octanol–water partition coefficient (Wildman–Crippen LogP) is 1.17. The molecule has 1 saturated heterocycles. The van der Waals surface area contributed by atoms with Gasteiger partial charge < -0.3 is 9.64 Å². The molecule has 0 atom stereocenters. The molecule has 1 aliphatic heterocycles. The molecule has 1 heterocycles. The molecule has 2 rings (SSSR count). The minimum atomic E-state index is -0.653. The Morgan fingerprint density at radius 3 is 2.50 bits per heavy atom. The van der Waals surface area contributed by atoms with E-state index in [9.17, 15) is 23.6 Å². The maximum Gasteiger partial charge on any atom is 0.309 e.